The standard InChI is InChI=1S/C18H18FNO/c1-13-6-4-7-14(12-13)17-10-5-11-20(17)18(21)15-8-2-3-9-16(15)19/h2-4,6-9,12,17H,5,10-11H2,1H3. The first-order chi connectivity index (χ1) is 10.2. The molecule has 3 rings (SSSR count). The number of likely N-dealkylation sites (tertiary alicyclic amines) is 1. The van der Waals surface area contributed by atoms with Crippen molar-refractivity contribution in [2.24, 2.45) is 0 Å². The summed E-state index contributed by atoms with van der Waals surface area (Å²) in [6.07, 6.45) is 1.89. The maximum atomic E-state index is 13.8. The van der Waals surface area contributed by atoms with E-state index in [0.717, 1.165) is 18.4 Å². The van der Waals surface area contributed by atoms with Crippen LogP contribution in [-0.2, 0) is 0 Å². The van der Waals surface area contributed by atoms with Gasteiger partial charge in [-0.25, -0.2) is 4.39 Å². The molecule has 3 heteroatoms. The van der Waals surface area contributed by atoms with Crippen LogP contribution in [0.5, 0.6) is 0 Å². The Labute approximate surface area is 124 Å². The second-order valence-electron chi connectivity index (χ2n) is 5.55. The van der Waals surface area contributed by atoms with E-state index in [1.54, 1.807) is 23.1 Å². The van der Waals surface area contributed by atoms with Crippen molar-refractivity contribution in [1.82, 2.24) is 4.90 Å². The number of carbonyl (C=O) groups is 1. The van der Waals surface area contributed by atoms with Crippen LogP contribution in [0.15, 0.2) is 48.5 Å². The fourth-order valence-electron chi connectivity index (χ4n) is 3.02. The summed E-state index contributed by atoms with van der Waals surface area (Å²) in [7, 11) is 0. The summed E-state index contributed by atoms with van der Waals surface area (Å²) in [5.41, 5.74) is 2.48. The number of hydrogen-bond acceptors (Lipinski definition) is 1. The number of hydrogen-bond donors (Lipinski definition) is 0. The van der Waals surface area contributed by atoms with Gasteiger partial charge in [0, 0.05) is 6.54 Å². The lowest BCUT2D eigenvalue weighted by atomic mass is 10.0. The molecule has 0 aliphatic carbocycles. The zero-order chi connectivity index (χ0) is 14.8. The van der Waals surface area contributed by atoms with Gasteiger partial charge in [-0.05, 0) is 37.5 Å². The van der Waals surface area contributed by atoms with Crippen LogP contribution in [0.4, 0.5) is 4.39 Å². The van der Waals surface area contributed by atoms with Crippen molar-refractivity contribution in [3.8, 4) is 0 Å². The van der Waals surface area contributed by atoms with Crippen LogP contribution in [-0.4, -0.2) is 17.4 Å². The monoisotopic (exact) mass is 283 g/mol. The zero-order valence-electron chi connectivity index (χ0n) is 12.1. The third-order valence-electron chi connectivity index (χ3n) is 4.04. The topological polar surface area (TPSA) is 20.3 Å². The molecule has 108 valence electrons. The Bertz CT molecular complexity index is 668. The Kier molecular flexibility index (Phi) is 3.74. The molecule has 21 heavy (non-hydrogen) atoms. The van der Waals surface area contributed by atoms with Crippen LogP contribution in [0.1, 0.15) is 40.4 Å². The third kappa shape index (κ3) is 2.68. The van der Waals surface area contributed by atoms with Gasteiger partial charge in [-0.1, -0.05) is 42.0 Å². The molecule has 1 unspecified atom stereocenters. The maximum Gasteiger partial charge on any atom is 0.257 e. The van der Waals surface area contributed by atoms with Gasteiger partial charge >= 0.3 is 0 Å². The molecule has 1 amide bonds. The molecule has 0 radical (unpaired) electrons. The van der Waals surface area contributed by atoms with E-state index in [-0.39, 0.29) is 17.5 Å². The number of nitrogens with zero attached hydrogens (tertiary/aromatic N) is 1. The van der Waals surface area contributed by atoms with Gasteiger partial charge in [0.2, 0.25) is 0 Å². The Morgan fingerprint density at radius 2 is 2.00 bits per heavy atom. The second kappa shape index (κ2) is 5.68. The average Bonchev–Trinajstić information content (AvgIpc) is 2.96. The molecular weight excluding hydrogens is 265 g/mol. The lowest BCUT2D eigenvalue weighted by Crippen LogP contribution is -2.31. The summed E-state index contributed by atoms with van der Waals surface area (Å²) >= 11 is 0. The minimum atomic E-state index is -0.447. The molecule has 0 N–H and O–H groups in total. The van der Waals surface area contributed by atoms with Gasteiger partial charge < -0.3 is 4.90 Å². The first-order valence-electron chi connectivity index (χ1n) is 7.29. The molecule has 0 aromatic heterocycles. The molecule has 1 saturated heterocycles. The highest BCUT2D eigenvalue weighted by atomic mass is 19.1. The van der Waals surface area contributed by atoms with Crippen molar-refractivity contribution in [2.75, 3.05) is 6.54 Å². The van der Waals surface area contributed by atoms with E-state index in [2.05, 4.69) is 6.07 Å². The van der Waals surface area contributed by atoms with E-state index in [9.17, 15) is 9.18 Å². The Hall–Kier alpha value is -2.16. The highest BCUT2D eigenvalue weighted by Gasteiger charge is 2.31. The molecule has 1 heterocycles. The number of carbonyl (C=O) groups excluding carboxylic acids is 1. The minimum Gasteiger partial charge on any atom is -0.332 e. The van der Waals surface area contributed by atoms with E-state index >= 15 is 0 Å². The van der Waals surface area contributed by atoms with E-state index in [0.29, 0.717) is 6.54 Å². The summed E-state index contributed by atoms with van der Waals surface area (Å²) in [4.78, 5) is 14.4. The highest BCUT2D eigenvalue weighted by Crippen LogP contribution is 2.33. The minimum absolute atomic E-state index is 0.0528. The molecule has 1 atom stereocenters. The van der Waals surface area contributed by atoms with Gasteiger partial charge in [-0.15, -0.1) is 0 Å². The van der Waals surface area contributed by atoms with Crippen LogP contribution in [0.25, 0.3) is 0 Å². The zero-order valence-corrected chi connectivity index (χ0v) is 12.1. The van der Waals surface area contributed by atoms with Crippen molar-refractivity contribution in [1.29, 1.82) is 0 Å². The van der Waals surface area contributed by atoms with Crippen LogP contribution >= 0.6 is 0 Å². The maximum absolute atomic E-state index is 13.8. The Morgan fingerprint density at radius 1 is 1.19 bits per heavy atom. The van der Waals surface area contributed by atoms with Gasteiger partial charge in [0.25, 0.3) is 5.91 Å². The lowest BCUT2D eigenvalue weighted by Gasteiger charge is -2.25. The third-order valence-corrected chi connectivity index (χ3v) is 4.04. The molecule has 2 aromatic rings. The summed E-state index contributed by atoms with van der Waals surface area (Å²) in [6, 6.07) is 14.5. The summed E-state index contributed by atoms with van der Waals surface area (Å²) in [5.74, 6) is -0.658. The predicted molar refractivity (Wildman–Crippen MR) is 80.6 cm³/mol. The fourth-order valence-corrected chi connectivity index (χ4v) is 3.02. The normalized spacial score (nSPS) is 18.0. The molecule has 2 aromatic carbocycles. The fraction of sp³-hybridized carbons (Fsp3) is 0.278. The molecule has 0 spiro atoms. The van der Waals surface area contributed by atoms with Gasteiger partial charge in [0.1, 0.15) is 5.82 Å². The molecule has 0 bridgehead atoms. The van der Waals surface area contributed by atoms with Crippen molar-refractivity contribution in [2.45, 2.75) is 25.8 Å². The summed E-state index contributed by atoms with van der Waals surface area (Å²) in [5, 5.41) is 0. The smallest absolute Gasteiger partial charge is 0.257 e. The van der Waals surface area contributed by atoms with E-state index in [4.69, 9.17) is 0 Å². The van der Waals surface area contributed by atoms with Gasteiger partial charge in [-0.3, -0.25) is 4.79 Å². The van der Waals surface area contributed by atoms with Crippen molar-refractivity contribution in [3.63, 3.8) is 0 Å². The van der Waals surface area contributed by atoms with Gasteiger partial charge in [0.15, 0.2) is 0 Å². The van der Waals surface area contributed by atoms with Crippen molar-refractivity contribution >= 4 is 5.91 Å². The lowest BCUT2D eigenvalue weighted by molar-refractivity contribution is 0.0731. The van der Waals surface area contributed by atoms with Gasteiger partial charge in [0.05, 0.1) is 11.6 Å². The number of rotatable bonds is 2. The number of amides is 1. The van der Waals surface area contributed by atoms with E-state index in [1.807, 2.05) is 25.1 Å². The second-order valence-corrected chi connectivity index (χ2v) is 5.55. The van der Waals surface area contributed by atoms with Crippen molar-refractivity contribution < 1.29 is 9.18 Å². The molecule has 1 aliphatic heterocycles. The molecule has 0 saturated carbocycles. The van der Waals surface area contributed by atoms with E-state index < -0.39 is 5.82 Å². The number of benzene rings is 2. The summed E-state index contributed by atoms with van der Waals surface area (Å²) in [6.45, 7) is 2.73. The molecule has 1 aliphatic rings. The first-order valence-corrected chi connectivity index (χ1v) is 7.29. The summed E-state index contributed by atoms with van der Waals surface area (Å²) < 4.78 is 13.8. The van der Waals surface area contributed by atoms with E-state index in [1.165, 1.54) is 11.6 Å². The number of aryl methyl sites for hydroxylation is 1. The van der Waals surface area contributed by atoms with Crippen LogP contribution < -0.4 is 0 Å². The first kappa shape index (κ1) is 13.8. The van der Waals surface area contributed by atoms with Gasteiger partial charge in [-0.2, -0.15) is 0 Å². The van der Waals surface area contributed by atoms with Crippen LogP contribution in [0.3, 0.4) is 0 Å². The van der Waals surface area contributed by atoms with Crippen LogP contribution in [0.2, 0.25) is 0 Å². The largest absolute Gasteiger partial charge is 0.332 e. The van der Waals surface area contributed by atoms with Crippen molar-refractivity contribution in [3.05, 3.63) is 71.0 Å². The quantitative estimate of drug-likeness (QED) is 0.812. The average molecular weight is 283 g/mol. The Morgan fingerprint density at radius 3 is 2.76 bits per heavy atom. The molecular formula is C18H18FNO. The molecule has 2 nitrogen and oxygen atoms in total. The SMILES string of the molecule is Cc1cccc(C2CCCN2C(=O)c2ccccc2F)c1. The Balaban J connectivity index is 1.91. The predicted octanol–water partition coefficient (Wildman–Crippen LogP) is 4.11. The number of halogens is 1. The highest BCUT2D eigenvalue weighted by molar-refractivity contribution is 5.95. The molecule has 1 fully saturated rings. The van der Waals surface area contributed by atoms with Crippen LogP contribution in [0, 0.1) is 12.7 Å².